The van der Waals surface area contributed by atoms with Gasteiger partial charge in [0.05, 0.1) is 6.61 Å². The van der Waals surface area contributed by atoms with Crippen LogP contribution < -0.4 is 5.73 Å². The third kappa shape index (κ3) is 2.94. The lowest BCUT2D eigenvalue weighted by molar-refractivity contribution is 0.0741. The molecule has 17 heavy (non-hydrogen) atoms. The number of nitrogens with two attached hydrogens (primary N) is 1. The molecule has 1 aromatic heterocycles. The summed E-state index contributed by atoms with van der Waals surface area (Å²) in [6.07, 6.45) is 0.880. The molecule has 0 bridgehead atoms. The Kier molecular flexibility index (Phi) is 3.58. The molecule has 2 rings (SSSR count). The van der Waals surface area contributed by atoms with E-state index in [1.54, 1.807) is 17.0 Å². The number of amides is 1. The molecule has 2 N–H and O–H groups in total. The van der Waals surface area contributed by atoms with Gasteiger partial charge in [0.25, 0.3) is 5.91 Å². The van der Waals surface area contributed by atoms with Crippen LogP contribution in [0, 0.1) is 6.92 Å². The van der Waals surface area contributed by atoms with Gasteiger partial charge in [0.15, 0.2) is 0 Å². The topological polar surface area (TPSA) is 68.5 Å². The number of nitrogen functional groups attached to an aromatic ring is 1. The van der Waals surface area contributed by atoms with Gasteiger partial charge < -0.3 is 15.4 Å². The highest BCUT2D eigenvalue weighted by Crippen LogP contribution is 2.11. The van der Waals surface area contributed by atoms with Gasteiger partial charge in [-0.25, -0.2) is 4.98 Å². The van der Waals surface area contributed by atoms with Crippen molar-refractivity contribution in [3.05, 3.63) is 23.4 Å². The summed E-state index contributed by atoms with van der Waals surface area (Å²) in [5.74, 6) is 0.395. The van der Waals surface area contributed by atoms with Crippen molar-refractivity contribution in [1.82, 2.24) is 9.88 Å². The van der Waals surface area contributed by atoms with Crippen molar-refractivity contribution in [1.29, 1.82) is 0 Å². The number of hydrogen-bond acceptors (Lipinski definition) is 4. The van der Waals surface area contributed by atoms with E-state index in [2.05, 4.69) is 4.98 Å². The lowest BCUT2D eigenvalue weighted by Gasteiger charge is -2.19. The smallest absolute Gasteiger partial charge is 0.254 e. The standard InChI is InChI=1S/C12H17N3O2/c1-9-7-10(8-11(13)14-9)12(16)15-3-2-5-17-6-4-15/h7-8H,2-6H2,1H3,(H2,13,14). The Balaban J connectivity index is 2.17. The normalized spacial score (nSPS) is 16.6. The molecule has 1 fully saturated rings. The molecular formula is C12H17N3O2. The zero-order valence-electron chi connectivity index (χ0n) is 9.98. The zero-order valence-corrected chi connectivity index (χ0v) is 9.98. The average molecular weight is 235 g/mol. The second-order valence-electron chi connectivity index (χ2n) is 4.18. The lowest BCUT2D eigenvalue weighted by Crippen LogP contribution is -2.33. The lowest BCUT2D eigenvalue weighted by atomic mass is 10.2. The molecule has 0 atom stereocenters. The Bertz CT molecular complexity index is 392. The van der Waals surface area contributed by atoms with Gasteiger partial charge in [-0.15, -0.1) is 0 Å². The second kappa shape index (κ2) is 5.14. The maximum Gasteiger partial charge on any atom is 0.254 e. The average Bonchev–Trinajstić information content (AvgIpc) is 2.55. The number of rotatable bonds is 1. The summed E-state index contributed by atoms with van der Waals surface area (Å²) in [6, 6.07) is 3.39. The fraction of sp³-hybridized carbons (Fsp3) is 0.500. The Hall–Kier alpha value is -1.62. The molecule has 0 saturated carbocycles. The van der Waals surface area contributed by atoms with E-state index in [4.69, 9.17) is 10.5 Å². The largest absolute Gasteiger partial charge is 0.384 e. The van der Waals surface area contributed by atoms with Crippen LogP contribution in [0.3, 0.4) is 0 Å². The van der Waals surface area contributed by atoms with Gasteiger partial charge in [0, 0.05) is 31.0 Å². The predicted octanol–water partition coefficient (Wildman–Crippen LogP) is 0.835. The summed E-state index contributed by atoms with van der Waals surface area (Å²) in [4.78, 5) is 18.1. The predicted molar refractivity (Wildman–Crippen MR) is 64.7 cm³/mol. The molecule has 92 valence electrons. The Morgan fingerprint density at radius 2 is 2.24 bits per heavy atom. The number of pyridine rings is 1. The molecule has 1 aliphatic rings. The van der Waals surface area contributed by atoms with Crippen molar-refractivity contribution in [2.75, 3.05) is 32.0 Å². The van der Waals surface area contributed by atoms with Crippen molar-refractivity contribution >= 4 is 11.7 Å². The van der Waals surface area contributed by atoms with Crippen LogP contribution in [0.15, 0.2) is 12.1 Å². The van der Waals surface area contributed by atoms with Gasteiger partial charge in [0.2, 0.25) is 0 Å². The Morgan fingerprint density at radius 3 is 3.00 bits per heavy atom. The quantitative estimate of drug-likeness (QED) is 0.783. The molecule has 1 amide bonds. The Labute approximate surface area is 101 Å². The monoisotopic (exact) mass is 235 g/mol. The summed E-state index contributed by atoms with van der Waals surface area (Å²) >= 11 is 0. The Morgan fingerprint density at radius 1 is 1.41 bits per heavy atom. The molecule has 1 saturated heterocycles. The number of anilines is 1. The fourth-order valence-corrected chi connectivity index (χ4v) is 1.95. The van der Waals surface area contributed by atoms with E-state index < -0.39 is 0 Å². The number of nitrogens with zero attached hydrogens (tertiary/aromatic N) is 2. The van der Waals surface area contributed by atoms with Crippen LogP contribution in [0.4, 0.5) is 5.82 Å². The molecule has 0 spiro atoms. The second-order valence-corrected chi connectivity index (χ2v) is 4.18. The first-order valence-corrected chi connectivity index (χ1v) is 5.78. The molecule has 0 unspecified atom stereocenters. The van der Waals surface area contributed by atoms with Crippen LogP contribution in [0.2, 0.25) is 0 Å². The summed E-state index contributed by atoms with van der Waals surface area (Å²) in [5, 5.41) is 0. The van der Waals surface area contributed by atoms with Crippen LogP contribution in [0.1, 0.15) is 22.5 Å². The van der Waals surface area contributed by atoms with Crippen LogP contribution in [-0.4, -0.2) is 42.1 Å². The van der Waals surface area contributed by atoms with Crippen molar-refractivity contribution in [3.63, 3.8) is 0 Å². The van der Waals surface area contributed by atoms with Gasteiger partial charge >= 0.3 is 0 Å². The van der Waals surface area contributed by atoms with Crippen molar-refractivity contribution in [3.8, 4) is 0 Å². The van der Waals surface area contributed by atoms with Crippen LogP contribution in [-0.2, 0) is 4.74 Å². The van der Waals surface area contributed by atoms with E-state index in [0.717, 1.165) is 25.3 Å². The molecule has 5 heteroatoms. The number of hydrogen-bond donors (Lipinski definition) is 1. The van der Waals surface area contributed by atoms with E-state index >= 15 is 0 Å². The molecule has 5 nitrogen and oxygen atoms in total. The van der Waals surface area contributed by atoms with Gasteiger partial charge in [-0.05, 0) is 25.5 Å². The van der Waals surface area contributed by atoms with Crippen molar-refractivity contribution < 1.29 is 9.53 Å². The minimum atomic E-state index is 0.00713. The molecule has 1 aliphatic heterocycles. The number of carbonyl (C=O) groups is 1. The van der Waals surface area contributed by atoms with Crippen molar-refractivity contribution in [2.24, 2.45) is 0 Å². The summed E-state index contributed by atoms with van der Waals surface area (Å²) in [7, 11) is 0. The molecule has 2 heterocycles. The minimum absolute atomic E-state index is 0.00713. The van der Waals surface area contributed by atoms with E-state index in [1.807, 2.05) is 6.92 Å². The highest BCUT2D eigenvalue weighted by molar-refractivity contribution is 5.95. The zero-order chi connectivity index (χ0) is 12.3. The fourth-order valence-electron chi connectivity index (χ4n) is 1.95. The first kappa shape index (κ1) is 11.9. The highest BCUT2D eigenvalue weighted by atomic mass is 16.5. The first-order valence-electron chi connectivity index (χ1n) is 5.78. The summed E-state index contributed by atoms with van der Waals surface area (Å²) < 4.78 is 5.33. The number of carbonyl (C=O) groups excluding carboxylic acids is 1. The van der Waals surface area contributed by atoms with Gasteiger partial charge in [-0.1, -0.05) is 0 Å². The van der Waals surface area contributed by atoms with Crippen LogP contribution in [0.5, 0.6) is 0 Å². The highest BCUT2D eigenvalue weighted by Gasteiger charge is 2.18. The minimum Gasteiger partial charge on any atom is -0.384 e. The van der Waals surface area contributed by atoms with Crippen LogP contribution in [0.25, 0.3) is 0 Å². The van der Waals surface area contributed by atoms with Crippen LogP contribution >= 0.6 is 0 Å². The van der Waals surface area contributed by atoms with Crippen molar-refractivity contribution in [2.45, 2.75) is 13.3 Å². The number of aromatic nitrogens is 1. The van der Waals surface area contributed by atoms with E-state index in [1.165, 1.54) is 0 Å². The van der Waals surface area contributed by atoms with Gasteiger partial charge in [-0.3, -0.25) is 4.79 Å². The SMILES string of the molecule is Cc1cc(C(=O)N2CCCOCC2)cc(N)n1. The van der Waals surface area contributed by atoms with Gasteiger partial charge in [0.1, 0.15) is 5.82 Å². The maximum atomic E-state index is 12.2. The summed E-state index contributed by atoms with van der Waals surface area (Å²) in [6.45, 7) is 4.53. The summed E-state index contributed by atoms with van der Waals surface area (Å²) in [5.41, 5.74) is 7.02. The van der Waals surface area contributed by atoms with E-state index in [0.29, 0.717) is 24.5 Å². The molecule has 0 aromatic carbocycles. The molecule has 0 aliphatic carbocycles. The van der Waals surface area contributed by atoms with E-state index in [-0.39, 0.29) is 5.91 Å². The van der Waals surface area contributed by atoms with Gasteiger partial charge in [-0.2, -0.15) is 0 Å². The molecular weight excluding hydrogens is 218 g/mol. The number of aryl methyl sites for hydroxylation is 1. The molecule has 0 radical (unpaired) electrons. The third-order valence-electron chi connectivity index (χ3n) is 2.73. The molecule has 1 aromatic rings. The maximum absolute atomic E-state index is 12.2. The first-order chi connectivity index (χ1) is 8.16. The third-order valence-corrected chi connectivity index (χ3v) is 2.73. The van der Waals surface area contributed by atoms with E-state index in [9.17, 15) is 4.79 Å². The number of ether oxygens (including phenoxy) is 1.